The molecule has 2 aromatic rings. The van der Waals surface area contributed by atoms with Crippen LogP contribution in [0.2, 0.25) is 0 Å². The van der Waals surface area contributed by atoms with Gasteiger partial charge in [0.25, 0.3) is 17.7 Å². The maximum atomic E-state index is 13.0. The molecule has 0 bridgehead atoms. The lowest BCUT2D eigenvalue weighted by atomic mass is 10.0. The Morgan fingerprint density at radius 1 is 1.00 bits per heavy atom. The fourth-order valence-corrected chi connectivity index (χ4v) is 2.64. The lowest BCUT2D eigenvalue weighted by molar-refractivity contribution is -0.156. The Morgan fingerprint density at radius 2 is 1.58 bits per heavy atom. The fourth-order valence-electron chi connectivity index (χ4n) is 2.64. The van der Waals surface area contributed by atoms with Gasteiger partial charge in [0.2, 0.25) is 0 Å². The van der Waals surface area contributed by atoms with Gasteiger partial charge < -0.3 is 0 Å². The molecule has 0 saturated carbocycles. The maximum Gasteiger partial charge on any atom is 0.416 e. The van der Waals surface area contributed by atoms with Gasteiger partial charge in [0, 0.05) is 24.9 Å². The second-order valence-corrected chi connectivity index (χ2v) is 6.30. The molecule has 0 spiro atoms. The van der Waals surface area contributed by atoms with Crippen LogP contribution in [0, 0.1) is 0 Å². The number of aromatic nitrogens is 3. The summed E-state index contributed by atoms with van der Waals surface area (Å²) in [5.41, 5.74) is -3.60. The Bertz CT molecular complexity index is 1060. The smallest absolute Gasteiger partial charge is 0.272 e. The van der Waals surface area contributed by atoms with Crippen molar-refractivity contribution in [3.63, 3.8) is 0 Å². The number of hydrogen-bond donors (Lipinski definition) is 0. The van der Waals surface area contributed by atoms with Crippen LogP contribution < -0.4 is 0 Å². The highest BCUT2D eigenvalue weighted by Crippen LogP contribution is 2.38. The summed E-state index contributed by atoms with van der Waals surface area (Å²) in [7, 11) is 1.21. The molecule has 164 valence electrons. The second-order valence-electron chi connectivity index (χ2n) is 6.30. The van der Waals surface area contributed by atoms with Crippen LogP contribution >= 0.6 is 0 Å². The summed E-state index contributed by atoms with van der Waals surface area (Å²) in [6.45, 7) is 0. The van der Waals surface area contributed by atoms with Crippen molar-refractivity contribution < 1.29 is 40.7 Å². The van der Waals surface area contributed by atoms with E-state index in [2.05, 4.69) is 10.1 Å². The normalized spacial score (nSPS) is 15.5. The van der Waals surface area contributed by atoms with E-state index in [1.807, 2.05) is 0 Å². The molecule has 0 aliphatic carbocycles. The number of alkyl halides is 6. The van der Waals surface area contributed by atoms with Crippen LogP contribution in [-0.2, 0) is 26.7 Å². The standard InChI is InChI=1S/C17H11F6N5O3/c1-26-13(30)7-14(31)28(26)12(29)2-3-27-8-24-15(25-27)9-4-10(16(18,19)20)6-11(5-9)17(21,22)23/h2-6,8H,7H2,1H3/b3-2-. The predicted molar refractivity (Wildman–Crippen MR) is 90.0 cm³/mol. The van der Waals surface area contributed by atoms with E-state index >= 15 is 0 Å². The average Bonchev–Trinajstić information content (AvgIpc) is 3.22. The Kier molecular flexibility index (Phi) is 5.33. The van der Waals surface area contributed by atoms with Gasteiger partial charge in [-0.3, -0.25) is 14.4 Å². The first kappa shape index (κ1) is 22.0. The van der Waals surface area contributed by atoms with Crippen molar-refractivity contribution in [3.8, 4) is 11.4 Å². The van der Waals surface area contributed by atoms with E-state index in [1.165, 1.54) is 7.05 Å². The number of imide groups is 1. The minimum Gasteiger partial charge on any atom is -0.272 e. The Hall–Kier alpha value is -3.71. The van der Waals surface area contributed by atoms with Crippen molar-refractivity contribution in [2.45, 2.75) is 18.8 Å². The van der Waals surface area contributed by atoms with Gasteiger partial charge in [0.05, 0.1) is 11.1 Å². The average molecular weight is 447 g/mol. The SMILES string of the molecule is CN1C(=O)CC(=O)N1C(=O)/C=C\n1cnc(-c2cc(C(F)(F)F)cc(C(F)(F)F)c2)n1. The lowest BCUT2D eigenvalue weighted by Gasteiger charge is -2.19. The fraction of sp³-hybridized carbons (Fsp3) is 0.235. The molecule has 3 rings (SSSR count). The maximum absolute atomic E-state index is 13.0. The highest BCUT2D eigenvalue weighted by atomic mass is 19.4. The summed E-state index contributed by atoms with van der Waals surface area (Å²) in [5.74, 6) is -2.73. The molecule has 8 nitrogen and oxygen atoms in total. The number of carbonyl (C=O) groups is 3. The van der Waals surface area contributed by atoms with Crippen LogP contribution in [-0.4, -0.2) is 49.6 Å². The van der Waals surface area contributed by atoms with Gasteiger partial charge in [-0.25, -0.2) is 14.7 Å². The van der Waals surface area contributed by atoms with E-state index in [1.54, 1.807) is 0 Å². The van der Waals surface area contributed by atoms with Gasteiger partial charge in [-0.05, 0) is 18.2 Å². The molecule has 1 fully saturated rings. The molecule has 2 heterocycles. The number of rotatable bonds is 3. The quantitative estimate of drug-likeness (QED) is 0.410. The van der Waals surface area contributed by atoms with Gasteiger partial charge in [-0.15, -0.1) is 5.10 Å². The molecule has 31 heavy (non-hydrogen) atoms. The first-order valence-electron chi connectivity index (χ1n) is 8.30. The van der Waals surface area contributed by atoms with Crippen molar-refractivity contribution in [1.82, 2.24) is 24.8 Å². The van der Waals surface area contributed by atoms with Crippen LogP contribution in [0.25, 0.3) is 17.6 Å². The van der Waals surface area contributed by atoms with Crippen LogP contribution in [0.15, 0.2) is 30.6 Å². The molecule has 3 amide bonds. The largest absolute Gasteiger partial charge is 0.416 e. The molecule has 1 saturated heterocycles. The van der Waals surface area contributed by atoms with E-state index in [9.17, 15) is 40.7 Å². The summed E-state index contributed by atoms with van der Waals surface area (Å²) in [6, 6.07) is 0.907. The van der Waals surface area contributed by atoms with Gasteiger partial charge in [-0.1, -0.05) is 0 Å². The number of hydrazine groups is 1. The van der Waals surface area contributed by atoms with Crippen LogP contribution in [0.4, 0.5) is 26.3 Å². The van der Waals surface area contributed by atoms with E-state index < -0.39 is 59.0 Å². The molecule has 1 aromatic heterocycles. The van der Waals surface area contributed by atoms with Crippen LogP contribution in [0.1, 0.15) is 17.5 Å². The second kappa shape index (κ2) is 7.52. The zero-order chi connectivity index (χ0) is 23.1. The molecule has 0 radical (unpaired) electrons. The monoisotopic (exact) mass is 447 g/mol. The first-order chi connectivity index (χ1) is 14.3. The summed E-state index contributed by atoms with van der Waals surface area (Å²) < 4.78 is 78.7. The topological polar surface area (TPSA) is 88.4 Å². The zero-order valence-corrected chi connectivity index (χ0v) is 15.4. The number of benzene rings is 1. The Labute approximate surface area is 169 Å². The number of halogens is 6. The molecule has 1 aliphatic rings. The minimum absolute atomic E-state index is 0.0239. The lowest BCUT2D eigenvalue weighted by Crippen LogP contribution is -2.41. The number of nitrogens with zero attached hydrogens (tertiary/aromatic N) is 5. The molecule has 14 heteroatoms. The van der Waals surface area contributed by atoms with E-state index in [-0.39, 0.29) is 6.07 Å². The molecule has 1 aliphatic heterocycles. The minimum atomic E-state index is -5.03. The summed E-state index contributed by atoms with van der Waals surface area (Å²) in [6.07, 6.45) is -7.80. The van der Waals surface area contributed by atoms with Crippen molar-refractivity contribution in [2.75, 3.05) is 7.05 Å². The Balaban J connectivity index is 1.88. The molecule has 0 unspecified atom stereocenters. The van der Waals surface area contributed by atoms with E-state index in [0.29, 0.717) is 17.1 Å². The number of hydrogen-bond acceptors (Lipinski definition) is 5. The summed E-state index contributed by atoms with van der Waals surface area (Å²) >= 11 is 0. The van der Waals surface area contributed by atoms with Gasteiger partial charge in [-0.2, -0.15) is 31.4 Å². The predicted octanol–water partition coefficient (Wildman–Crippen LogP) is 2.59. The van der Waals surface area contributed by atoms with E-state index in [4.69, 9.17) is 0 Å². The van der Waals surface area contributed by atoms with Gasteiger partial charge in [0.1, 0.15) is 12.7 Å². The molecule has 0 N–H and O–H groups in total. The summed E-state index contributed by atoms with van der Waals surface area (Å²) in [5, 5.41) is 5.10. The molecular formula is C17H11F6N5O3. The van der Waals surface area contributed by atoms with Gasteiger partial charge >= 0.3 is 12.4 Å². The molecule has 1 aromatic carbocycles. The molecule has 0 atom stereocenters. The Morgan fingerprint density at radius 3 is 2.06 bits per heavy atom. The van der Waals surface area contributed by atoms with Crippen molar-refractivity contribution >= 4 is 23.9 Å². The highest BCUT2D eigenvalue weighted by molar-refractivity contribution is 6.12. The number of carbonyl (C=O) groups excluding carboxylic acids is 3. The third-order valence-electron chi connectivity index (χ3n) is 4.13. The van der Waals surface area contributed by atoms with Crippen molar-refractivity contribution in [2.24, 2.45) is 0 Å². The first-order valence-corrected chi connectivity index (χ1v) is 8.30. The highest BCUT2D eigenvalue weighted by Gasteiger charge is 2.38. The van der Waals surface area contributed by atoms with Crippen LogP contribution in [0.5, 0.6) is 0 Å². The van der Waals surface area contributed by atoms with Crippen molar-refractivity contribution in [1.29, 1.82) is 0 Å². The third kappa shape index (κ3) is 4.57. The molecular weight excluding hydrogens is 436 g/mol. The summed E-state index contributed by atoms with van der Waals surface area (Å²) in [4.78, 5) is 38.8. The number of amides is 3. The van der Waals surface area contributed by atoms with Crippen LogP contribution in [0.3, 0.4) is 0 Å². The third-order valence-corrected chi connectivity index (χ3v) is 4.13. The van der Waals surface area contributed by atoms with E-state index in [0.717, 1.165) is 28.3 Å². The van der Waals surface area contributed by atoms with Crippen molar-refractivity contribution in [3.05, 3.63) is 41.7 Å². The van der Waals surface area contributed by atoms with Gasteiger partial charge in [0.15, 0.2) is 5.82 Å². The zero-order valence-electron chi connectivity index (χ0n) is 15.4.